The summed E-state index contributed by atoms with van der Waals surface area (Å²) in [4.78, 5) is 0. The van der Waals surface area contributed by atoms with Crippen molar-refractivity contribution in [2.24, 2.45) is 0 Å². The fourth-order valence-corrected chi connectivity index (χ4v) is 2.64. The van der Waals surface area contributed by atoms with Crippen LogP contribution in [0.1, 0.15) is 22.6 Å². The monoisotopic (exact) mass is 303 g/mol. The van der Waals surface area contributed by atoms with E-state index < -0.39 is 0 Å². The van der Waals surface area contributed by atoms with Gasteiger partial charge in [0.05, 0.1) is 0 Å². The highest BCUT2D eigenvalue weighted by Gasteiger charge is 2.14. The number of anilines is 1. The quantitative estimate of drug-likeness (QED) is 0.654. The number of nitrogens with two attached hydrogens (primary N) is 1. The Morgan fingerprint density at radius 3 is 2.17 bits per heavy atom. The lowest BCUT2D eigenvalue weighted by Gasteiger charge is -2.16. The number of benzene rings is 3. The average Bonchev–Trinajstić information content (AvgIpc) is 2.60. The van der Waals surface area contributed by atoms with Crippen molar-refractivity contribution in [1.82, 2.24) is 0 Å². The first-order valence-corrected chi connectivity index (χ1v) is 7.57. The lowest BCUT2D eigenvalue weighted by molar-refractivity contribution is 0.625. The molecule has 114 valence electrons. The Kier molecular flexibility index (Phi) is 4.53. The van der Waals surface area contributed by atoms with E-state index >= 15 is 0 Å². The van der Waals surface area contributed by atoms with Crippen molar-refractivity contribution in [1.29, 1.82) is 0 Å². The third-order valence-electron chi connectivity index (χ3n) is 3.82. The van der Waals surface area contributed by atoms with E-state index in [1.807, 2.05) is 66.7 Å². The minimum Gasteiger partial charge on any atom is -0.398 e. The summed E-state index contributed by atoms with van der Waals surface area (Å²) in [7, 11) is 0. The molecule has 0 saturated heterocycles. The maximum Gasteiger partial charge on any atom is 0.123 e. The maximum absolute atomic E-state index is 13.7. The Balaban J connectivity index is 2.04. The van der Waals surface area contributed by atoms with E-state index in [4.69, 9.17) is 5.73 Å². The van der Waals surface area contributed by atoms with Crippen LogP contribution in [0.4, 0.5) is 10.1 Å². The summed E-state index contributed by atoms with van der Waals surface area (Å²) in [6.45, 7) is 0. The van der Waals surface area contributed by atoms with Crippen molar-refractivity contribution in [2.45, 2.75) is 5.92 Å². The summed E-state index contributed by atoms with van der Waals surface area (Å²) in [6, 6.07) is 24.6. The van der Waals surface area contributed by atoms with Crippen molar-refractivity contribution in [2.75, 3.05) is 5.73 Å². The van der Waals surface area contributed by atoms with E-state index in [0.717, 1.165) is 16.7 Å². The number of hydrogen-bond acceptors (Lipinski definition) is 1. The van der Waals surface area contributed by atoms with Gasteiger partial charge in [0, 0.05) is 11.6 Å². The van der Waals surface area contributed by atoms with Gasteiger partial charge in [-0.25, -0.2) is 4.39 Å². The zero-order valence-electron chi connectivity index (χ0n) is 12.7. The van der Waals surface area contributed by atoms with Gasteiger partial charge in [0.2, 0.25) is 0 Å². The summed E-state index contributed by atoms with van der Waals surface area (Å²) < 4.78 is 13.7. The van der Waals surface area contributed by atoms with Crippen LogP contribution in [-0.4, -0.2) is 0 Å². The van der Waals surface area contributed by atoms with E-state index in [-0.39, 0.29) is 11.7 Å². The van der Waals surface area contributed by atoms with Crippen molar-refractivity contribution < 1.29 is 4.39 Å². The Morgan fingerprint density at radius 1 is 0.826 bits per heavy atom. The predicted molar refractivity (Wildman–Crippen MR) is 94.6 cm³/mol. The first-order chi connectivity index (χ1) is 11.2. The third-order valence-corrected chi connectivity index (χ3v) is 3.82. The Labute approximate surface area is 135 Å². The molecule has 0 aliphatic carbocycles. The zero-order chi connectivity index (χ0) is 16.1. The molecule has 3 rings (SSSR count). The van der Waals surface area contributed by atoms with Gasteiger partial charge < -0.3 is 5.73 Å². The summed E-state index contributed by atoms with van der Waals surface area (Å²) in [5.41, 5.74) is 9.65. The molecule has 0 spiro atoms. The van der Waals surface area contributed by atoms with Crippen LogP contribution in [0.25, 0.3) is 6.08 Å². The number of rotatable bonds is 4. The lowest BCUT2D eigenvalue weighted by atomic mass is 9.89. The van der Waals surface area contributed by atoms with E-state index in [9.17, 15) is 4.39 Å². The molecule has 1 unspecified atom stereocenters. The molecule has 0 aliphatic rings. The second-order valence-electron chi connectivity index (χ2n) is 5.43. The molecule has 23 heavy (non-hydrogen) atoms. The van der Waals surface area contributed by atoms with E-state index in [1.54, 1.807) is 6.07 Å². The molecule has 1 nitrogen and oxygen atoms in total. The standard InChI is InChI=1S/C21H18FN/c22-18-12-14-21(23)20(15-18)19(17-9-5-2-6-10-17)13-11-16-7-3-1-4-8-16/h1-15,19H,23H2/b13-11+. The Hall–Kier alpha value is -2.87. The average molecular weight is 303 g/mol. The predicted octanol–water partition coefficient (Wildman–Crippen LogP) is 5.25. The highest BCUT2D eigenvalue weighted by atomic mass is 19.1. The summed E-state index contributed by atoms with van der Waals surface area (Å²) >= 11 is 0. The molecule has 0 saturated carbocycles. The molecule has 2 N–H and O–H groups in total. The number of allylic oxidation sites excluding steroid dienone is 1. The molecule has 2 heteroatoms. The van der Waals surface area contributed by atoms with Crippen molar-refractivity contribution in [3.8, 4) is 0 Å². The van der Waals surface area contributed by atoms with Gasteiger partial charge in [0.25, 0.3) is 0 Å². The third kappa shape index (κ3) is 3.67. The topological polar surface area (TPSA) is 26.0 Å². The molecule has 3 aromatic carbocycles. The number of halogens is 1. The molecule has 3 aromatic rings. The van der Waals surface area contributed by atoms with Gasteiger partial charge in [0.1, 0.15) is 5.82 Å². The minimum atomic E-state index is -0.275. The van der Waals surface area contributed by atoms with Crippen LogP contribution >= 0.6 is 0 Å². The molecule has 1 atom stereocenters. The Morgan fingerprint density at radius 2 is 1.48 bits per heavy atom. The van der Waals surface area contributed by atoms with Gasteiger partial charge in [-0.3, -0.25) is 0 Å². The molecule has 0 aromatic heterocycles. The molecule has 0 radical (unpaired) electrons. The van der Waals surface area contributed by atoms with Gasteiger partial charge in [-0.15, -0.1) is 0 Å². The molecule has 0 heterocycles. The summed E-state index contributed by atoms with van der Waals surface area (Å²) in [5, 5.41) is 0. The first-order valence-electron chi connectivity index (χ1n) is 7.57. The molecular weight excluding hydrogens is 285 g/mol. The highest BCUT2D eigenvalue weighted by Crippen LogP contribution is 2.31. The van der Waals surface area contributed by atoms with Crippen LogP contribution in [0, 0.1) is 5.82 Å². The number of hydrogen-bond donors (Lipinski definition) is 1. The molecule has 0 aliphatic heterocycles. The minimum absolute atomic E-state index is 0.0906. The first kappa shape index (κ1) is 15.0. The SMILES string of the molecule is Nc1ccc(F)cc1C(/C=C/c1ccccc1)c1ccccc1. The second kappa shape index (κ2) is 6.93. The molecule has 0 amide bonds. The fourth-order valence-electron chi connectivity index (χ4n) is 2.64. The number of nitrogen functional groups attached to an aromatic ring is 1. The van der Waals surface area contributed by atoms with Crippen LogP contribution < -0.4 is 5.73 Å². The fraction of sp³-hybridized carbons (Fsp3) is 0.0476. The van der Waals surface area contributed by atoms with Crippen molar-refractivity contribution >= 4 is 11.8 Å². The lowest BCUT2D eigenvalue weighted by Crippen LogP contribution is -2.03. The van der Waals surface area contributed by atoms with Gasteiger partial charge >= 0.3 is 0 Å². The molecular formula is C21H18FN. The summed E-state index contributed by atoms with van der Waals surface area (Å²) in [5.74, 6) is -0.365. The van der Waals surface area contributed by atoms with Gasteiger partial charge in [-0.2, -0.15) is 0 Å². The smallest absolute Gasteiger partial charge is 0.123 e. The van der Waals surface area contributed by atoms with Crippen LogP contribution in [0.2, 0.25) is 0 Å². The van der Waals surface area contributed by atoms with E-state index in [1.165, 1.54) is 12.1 Å². The highest BCUT2D eigenvalue weighted by molar-refractivity contribution is 5.58. The van der Waals surface area contributed by atoms with Crippen LogP contribution in [0.5, 0.6) is 0 Å². The van der Waals surface area contributed by atoms with Crippen LogP contribution in [-0.2, 0) is 0 Å². The molecule has 0 fully saturated rings. The second-order valence-corrected chi connectivity index (χ2v) is 5.43. The van der Waals surface area contributed by atoms with E-state index in [2.05, 4.69) is 6.08 Å². The largest absolute Gasteiger partial charge is 0.398 e. The van der Waals surface area contributed by atoms with Gasteiger partial charge in [0.15, 0.2) is 0 Å². The van der Waals surface area contributed by atoms with Gasteiger partial charge in [-0.1, -0.05) is 72.8 Å². The Bertz CT molecular complexity index is 795. The van der Waals surface area contributed by atoms with Crippen molar-refractivity contribution in [3.63, 3.8) is 0 Å². The van der Waals surface area contributed by atoms with Crippen molar-refractivity contribution in [3.05, 3.63) is 107 Å². The summed E-state index contributed by atoms with van der Waals surface area (Å²) in [6.07, 6.45) is 4.11. The molecule has 0 bridgehead atoms. The maximum atomic E-state index is 13.7. The normalized spacial score (nSPS) is 12.4. The van der Waals surface area contributed by atoms with Crippen LogP contribution in [0.3, 0.4) is 0 Å². The van der Waals surface area contributed by atoms with Gasteiger partial charge in [-0.05, 0) is 34.9 Å². The van der Waals surface area contributed by atoms with Crippen LogP contribution in [0.15, 0.2) is 84.9 Å². The zero-order valence-corrected chi connectivity index (χ0v) is 12.7. The van der Waals surface area contributed by atoms with E-state index in [0.29, 0.717) is 5.69 Å².